The second-order valence-corrected chi connectivity index (χ2v) is 9.34. The van der Waals surface area contributed by atoms with Crippen LogP contribution in [0, 0.1) is 0 Å². The van der Waals surface area contributed by atoms with Crippen molar-refractivity contribution in [3.8, 4) is 0 Å². The lowest BCUT2D eigenvalue weighted by Crippen LogP contribution is -2.31. The monoisotopic (exact) mass is 230 g/mol. The Kier molecular flexibility index (Phi) is 8.01. The van der Waals surface area contributed by atoms with Gasteiger partial charge >= 0.3 is 0 Å². The SMILES string of the molecule is CCCCC(C/C=C/CO)O[Si](C)(C)C. The lowest BCUT2D eigenvalue weighted by Gasteiger charge is -2.25. The molecule has 1 N–H and O–H groups in total. The number of hydrogen-bond acceptors (Lipinski definition) is 2. The Balaban J connectivity index is 4.00. The summed E-state index contributed by atoms with van der Waals surface area (Å²) in [7, 11) is -1.43. The number of unbranched alkanes of at least 4 members (excludes halogenated alkanes) is 1. The Morgan fingerprint density at radius 1 is 1.27 bits per heavy atom. The van der Waals surface area contributed by atoms with Crippen LogP contribution in [0.3, 0.4) is 0 Å². The zero-order chi connectivity index (χ0) is 11.7. The number of hydrogen-bond donors (Lipinski definition) is 1. The molecule has 0 saturated heterocycles. The van der Waals surface area contributed by atoms with E-state index in [4.69, 9.17) is 9.53 Å². The largest absolute Gasteiger partial charge is 0.414 e. The molecule has 0 spiro atoms. The molecule has 0 rings (SSSR count). The molecule has 1 atom stereocenters. The highest BCUT2D eigenvalue weighted by atomic mass is 28.4. The Labute approximate surface area is 95.5 Å². The zero-order valence-corrected chi connectivity index (χ0v) is 11.6. The van der Waals surface area contributed by atoms with E-state index in [9.17, 15) is 0 Å². The average molecular weight is 230 g/mol. The van der Waals surface area contributed by atoms with Gasteiger partial charge in [0, 0.05) is 6.10 Å². The maximum atomic E-state index is 8.67. The molecule has 0 fully saturated rings. The van der Waals surface area contributed by atoms with Gasteiger partial charge in [-0.3, -0.25) is 0 Å². The number of rotatable bonds is 8. The Morgan fingerprint density at radius 2 is 1.93 bits per heavy atom. The van der Waals surface area contributed by atoms with Crippen LogP contribution in [0.2, 0.25) is 19.6 Å². The van der Waals surface area contributed by atoms with Crippen molar-refractivity contribution in [3.05, 3.63) is 12.2 Å². The van der Waals surface area contributed by atoms with Crippen molar-refractivity contribution in [3.63, 3.8) is 0 Å². The highest BCUT2D eigenvalue weighted by Gasteiger charge is 2.19. The molecule has 0 bridgehead atoms. The molecule has 15 heavy (non-hydrogen) atoms. The molecule has 0 saturated carbocycles. The zero-order valence-electron chi connectivity index (χ0n) is 10.6. The van der Waals surface area contributed by atoms with E-state index in [0.717, 1.165) is 12.8 Å². The van der Waals surface area contributed by atoms with Crippen molar-refractivity contribution in [1.82, 2.24) is 0 Å². The maximum Gasteiger partial charge on any atom is 0.184 e. The van der Waals surface area contributed by atoms with Crippen molar-refractivity contribution in [2.75, 3.05) is 6.61 Å². The first-order valence-corrected chi connectivity index (χ1v) is 9.34. The van der Waals surface area contributed by atoms with E-state index in [1.807, 2.05) is 6.08 Å². The summed E-state index contributed by atoms with van der Waals surface area (Å²) in [5.41, 5.74) is 0. The molecular weight excluding hydrogens is 204 g/mol. The third-order valence-corrected chi connectivity index (χ3v) is 3.11. The van der Waals surface area contributed by atoms with Crippen LogP contribution in [0.15, 0.2) is 12.2 Å². The van der Waals surface area contributed by atoms with Crippen LogP contribution in [-0.2, 0) is 4.43 Å². The summed E-state index contributed by atoms with van der Waals surface area (Å²) in [5, 5.41) is 8.67. The van der Waals surface area contributed by atoms with Gasteiger partial charge in [0.2, 0.25) is 0 Å². The topological polar surface area (TPSA) is 29.5 Å². The molecule has 0 heterocycles. The summed E-state index contributed by atoms with van der Waals surface area (Å²) in [6, 6.07) is 0. The quantitative estimate of drug-likeness (QED) is 0.512. The second kappa shape index (κ2) is 8.08. The van der Waals surface area contributed by atoms with Crippen LogP contribution in [0.1, 0.15) is 32.6 Å². The Hall–Kier alpha value is -0.123. The molecule has 2 nitrogen and oxygen atoms in total. The molecular formula is C12H26O2Si. The lowest BCUT2D eigenvalue weighted by atomic mass is 10.1. The van der Waals surface area contributed by atoms with E-state index in [1.54, 1.807) is 6.08 Å². The molecule has 0 aromatic carbocycles. The van der Waals surface area contributed by atoms with E-state index in [2.05, 4.69) is 26.6 Å². The third-order valence-electron chi connectivity index (χ3n) is 2.07. The van der Waals surface area contributed by atoms with Crippen LogP contribution in [0.25, 0.3) is 0 Å². The lowest BCUT2D eigenvalue weighted by molar-refractivity contribution is 0.183. The van der Waals surface area contributed by atoms with E-state index in [0.29, 0.717) is 6.10 Å². The Morgan fingerprint density at radius 3 is 2.40 bits per heavy atom. The summed E-state index contributed by atoms with van der Waals surface area (Å²) in [5.74, 6) is 0. The highest BCUT2D eigenvalue weighted by molar-refractivity contribution is 6.69. The van der Waals surface area contributed by atoms with Crippen LogP contribution in [-0.4, -0.2) is 26.1 Å². The second-order valence-electron chi connectivity index (χ2n) is 4.88. The highest BCUT2D eigenvalue weighted by Crippen LogP contribution is 2.16. The minimum absolute atomic E-state index is 0.132. The van der Waals surface area contributed by atoms with Gasteiger partial charge in [-0.25, -0.2) is 0 Å². The van der Waals surface area contributed by atoms with Crippen molar-refractivity contribution in [1.29, 1.82) is 0 Å². The molecule has 3 heteroatoms. The molecule has 0 radical (unpaired) electrons. The summed E-state index contributed by atoms with van der Waals surface area (Å²) >= 11 is 0. The van der Waals surface area contributed by atoms with Gasteiger partial charge in [-0.2, -0.15) is 0 Å². The van der Waals surface area contributed by atoms with Gasteiger partial charge in [0.15, 0.2) is 8.32 Å². The van der Waals surface area contributed by atoms with Crippen molar-refractivity contribution in [2.24, 2.45) is 0 Å². The van der Waals surface area contributed by atoms with E-state index >= 15 is 0 Å². The van der Waals surface area contributed by atoms with E-state index in [1.165, 1.54) is 12.8 Å². The molecule has 0 aliphatic heterocycles. The van der Waals surface area contributed by atoms with Crippen molar-refractivity contribution < 1.29 is 9.53 Å². The maximum absolute atomic E-state index is 8.67. The average Bonchev–Trinajstić information content (AvgIpc) is 2.12. The summed E-state index contributed by atoms with van der Waals surface area (Å²) in [4.78, 5) is 0. The molecule has 90 valence electrons. The predicted molar refractivity (Wildman–Crippen MR) is 68.6 cm³/mol. The predicted octanol–water partition coefficient (Wildman–Crippen LogP) is 3.34. The van der Waals surface area contributed by atoms with Crippen LogP contribution in [0.5, 0.6) is 0 Å². The standard InChI is InChI=1S/C12H26O2Si/c1-5-6-9-12(10-7-8-11-13)14-15(2,3)4/h7-8,12-13H,5-6,9-11H2,1-4H3/b8-7+. The smallest absolute Gasteiger partial charge is 0.184 e. The van der Waals surface area contributed by atoms with Gasteiger partial charge in [0.1, 0.15) is 0 Å². The van der Waals surface area contributed by atoms with Gasteiger partial charge in [-0.05, 0) is 32.5 Å². The minimum atomic E-state index is -1.43. The normalized spacial score (nSPS) is 14.7. The van der Waals surface area contributed by atoms with Crippen LogP contribution in [0.4, 0.5) is 0 Å². The molecule has 0 amide bonds. The van der Waals surface area contributed by atoms with Gasteiger partial charge in [-0.15, -0.1) is 0 Å². The summed E-state index contributed by atoms with van der Waals surface area (Å²) < 4.78 is 6.09. The molecule has 0 aromatic heterocycles. The van der Waals surface area contributed by atoms with Crippen LogP contribution < -0.4 is 0 Å². The van der Waals surface area contributed by atoms with Crippen molar-refractivity contribution in [2.45, 2.75) is 58.4 Å². The van der Waals surface area contributed by atoms with Gasteiger partial charge in [-0.1, -0.05) is 31.9 Å². The van der Waals surface area contributed by atoms with Crippen molar-refractivity contribution >= 4 is 8.32 Å². The van der Waals surface area contributed by atoms with Gasteiger partial charge in [0.25, 0.3) is 0 Å². The number of aliphatic hydroxyl groups is 1. The fourth-order valence-corrected chi connectivity index (χ4v) is 2.69. The molecule has 0 aromatic rings. The van der Waals surface area contributed by atoms with Gasteiger partial charge < -0.3 is 9.53 Å². The van der Waals surface area contributed by atoms with E-state index in [-0.39, 0.29) is 6.61 Å². The summed E-state index contributed by atoms with van der Waals surface area (Å²) in [6.45, 7) is 9.01. The van der Waals surface area contributed by atoms with Crippen LogP contribution >= 0.6 is 0 Å². The fraction of sp³-hybridized carbons (Fsp3) is 0.833. The minimum Gasteiger partial charge on any atom is -0.414 e. The first kappa shape index (κ1) is 14.9. The third kappa shape index (κ3) is 10.2. The van der Waals surface area contributed by atoms with Gasteiger partial charge in [0.05, 0.1) is 6.61 Å². The van der Waals surface area contributed by atoms with E-state index < -0.39 is 8.32 Å². The molecule has 1 unspecified atom stereocenters. The first-order chi connectivity index (χ1) is 6.99. The summed E-state index contributed by atoms with van der Waals surface area (Å²) in [6.07, 6.45) is 8.69. The first-order valence-electron chi connectivity index (χ1n) is 5.93. The fourth-order valence-electron chi connectivity index (χ4n) is 1.48. The number of aliphatic hydroxyl groups excluding tert-OH is 1. The Bertz CT molecular complexity index is 173. The molecule has 0 aliphatic rings. The molecule has 0 aliphatic carbocycles.